The van der Waals surface area contributed by atoms with Gasteiger partial charge in [-0.15, -0.1) is 0 Å². The zero-order valence-electron chi connectivity index (χ0n) is 10.5. The van der Waals surface area contributed by atoms with Gasteiger partial charge in [0.25, 0.3) is 5.76 Å². The van der Waals surface area contributed by atoms with Crippen LogP contribution in [0.15, 0.2) is 16.7 Å². The van der Waals surface area contributed by atoms with Crippen molar-refractivity contribution in [1.29, 1.82) is 0 Å². The van der Waals surface area contributed by atoms with Crippen LogP contribution in [0.4, 0.5) is 13.2 Å². The monoisotopic (exact) mass is 303 g/mol. The van der Waals surface area contributed by atoms with Crippen LogP contribution in [-0.2, 0) is 11.0 Å². The van der Waals surface area contributed by atoms with Gasteiger partial charge in [-0.25, -0.2) is 9.78 Å². The molecule has 0 aliphatic rings. The number of carbonyl (C=O) groups excluding carboxylic acids is 1. The molecule has 2 rings (SSSR count). The normalized spacial score (nSPS) is 11.6. The lowest BCUT2D eigenvalue weighted by atomic mass is 10.2. The lowest BCUT2D eigenvalue weighted by Crippen LogP contribution is -2.09. The fraction of sp³-hybridized carbons (Fsp3) is 0.250. The maximum absolute atomic E-state index is 12.6. The van der Waals surface area contributed by atoms with E-state index in [9.17, 15) is 22.8 Å². The zero-order valence-corrected chi connectivity index (χ0v) is 10.5. The van der Waals surface area contributed by atoms with E-state index in [2.05, 4.69) is 4.98 Å². The first-order chi connectivity index (χ1) is 9.70. The van der Waals surface area contributed by atoms with Crippen molar-refractivity contribution in [3.8, 4) is 5.75 Å². The van der Waals surface area contributed by atoms with Crippen LogP contribution in [0, 0.1) is 0 Å². The van der Waals surface area contributed by atoms with Crippen molar-refractivity contribution in [3.05, 3.63) is 23.6 Å². The third-order valence-electron chi connectivity index (χ3n) is 2.43. The van der Waals surface area contributed by atoms with E-state index in [4.69, 9.17) is 14.3 Å². The molecular weight excluding hydrogens is 295 g/mol. The minimum Gasteiger partial charge on any atom is -0.479 e. The number of nitrogens with zero attached hydrogens (tertiary/aromatic N) is 1. The molecule has 0 fully saturated rings. The number of aromatic carboxylic acids is 1. The quantitative estimate of drug-likeness (QED) is 0.933. The first-order valence-corrected chi connectivity index (χ1v) is 5.55. The number of alkyl halides is 3. The molecule has 112 valence electrons. The Hall–Kier alpha value is -2.58. The highest BCUT2D eigenvalue weighted by Crippen LogP contribution is 2.36. The molecule has 0 saturated carbocycles. The summed E-state index contributed by atoms with van der Waals surface area (Å²) in [6, 6.07) is 0.620. The molecule has 0 aromatic carbocycles. The number of hydrogen-bond donors (Lipinski definition) is 1. The number of halogens is 3. The average Bonchev–Trinajstić information content (AvgIpc) is 2.73. The van der Waals surface area contributed by atoms with E-state index in [1.807, 2.05) is 0 Å². The second-order valence-corrected chi connectivity index (χ2v) is 4.12. The van der Waals surface area contributed by atoms with Crippen LogP contribution in [0.25, 0.3) is 11.1 Å². The van der Waals surface area contributed by atoms with Gasteiger partial charge in [-0.1, -0.05) is 0 Å². The van der Waals surface area contributed by atoms with E-state index in [1.165, 1.54) is 6.92 Å². The van der Waals surface area contributed by atoms with E-state index in [-0.39, 0.29) is 16.8 Å². The number of carboxylic acid groups (broad SMARTS) is 1. The number of furan rings is 1. The van der Waals surface area contributed by atoms with Crippen LogP contribution >= 0.6 is 0 Å². The van der Waals surface area contributed by atoms with Crippen LogP contribution in [0.3, 0.4) is 0 Å². The number of ether oxygens (including phenoxy) is 1. The molecule has 0 aliphatic heterocycles. The molecular formula is C12H8F3NO5. The Bertz CT molecular complexity index is 719. The average molecular weight is 303 g/mol. The highest BCUT2D eigenvalue weighted by Gasteiger charge is 2.33. The van der Waals surface area contributed by atoms with Gasteiger partial charge in [0.05, 0.1) is 5.56 Å². The highest BCUT2D eigenvalue weighted by atomic mass is 19.4. The summed E-state index contributed by atoms with van der Waals surface area (Å²) in [5, 5.41) is 8.95. The van der Waals surface area contributed by atoms with E-state index in [1.54, 1.807) is 0 Å². The second kappa shape index (κ2) is 5.08. The van der Waals surface area contributed by atoms with Gasteiger partial charge in [-0.3, -0.25) is 4.79 Å². The third-order valence-corrected chi connectivity index (χ3v) is 2.43. The van der Waals surface area contributed by atoms with Gasteiger partial charge >= 0.3 is 12.1 Å². The number of carboxylic acids is 1. The molecule has 0 atom stereocenters. The highest BCUT2D eigenvalue weighted by molar-refractivity contribution is 5.96. The number of ketones is 1. The smallest absolute Gasteiger partial charge is 0.418 e. The van der Waals surface area contributed by atoms with Crippen LogP contribution < -0.4 is 4.74 Å². The number of aromatic nitrogens is 1. The van der Waals surface area contributed by atoms with Crippen molar-refractivity contribution >= 4 is 22.9 Å². The minimum atomic E-state index is -4.64. The van der Waals surface area contributed by atoms with Crippen LogP contribution in [0.1, 0.15) is 23.0 Å². The van der Waals surface area contributed by atoms with E-state index >= 15 is 0 Å². The molecule has 0 unspecified atom stereocenters. The number of pyridine rings is 1. The Morgan fingerprint density at radius 3 is 2.62 bits per heavy atom. The van der Waals surface area contributed by atoms with Crippen molar-refractivity contribution < 1.29 is 37.0 Å². The topological polar surface area (TPSA) is 89.6 Å². The Balaban J connectivity index is 2.57. The maximum atomic E-state index is 12.6. The van der Waals surface area contributed by atoms with Gasteiger partial charge in [0, 0.05) is 6.20 Å². The zero-order chi connectivity index (χ0) is 15.8. The Labute approximate surface area is 115 Å². The van der Waals surface area contributed by atoms with Gasteiger partial charge in [-0.2, -0.15) is 13.2 Å². The first kappa shape index (κ1) is 14.8. The van der Waals surface area contributed by atoms with Crippen molar-refractivity contribution in [2.24, 2.45) is 0 Å². The summed E-state index contributed by atoms with van der Waals surface area (Å²) in [5.74, 6) is -3.02. The summed E-state index contributed by atoms with van der Waals surface area (Å²) in [7, 11) is 0. The number of hydrogen-bond acceptors (Lipinski definition) is 5. The Kier molecular flexibility index (Phi) is 3.58. The van der Waals surface area contributed by atoms with Crippen molar-refractivity contribution in [2.75, 3.05) is 6.61 Å². The summed E-state index contributed by atoms with van der Waals surface area (Å²) in [4.78, 5) is 25.4. The molecule has 6 nitrogen and oxygen atoms in total. The van der Waals surface area contributed by atoms with Gasteiger partial charge in [0.2, 0.25) is 0 Å². The van der Waals surface area contributed by atoms with Crippen LogP contribution in [0.2, 0.25) is 0 Å². The summed E-state index contributed by atoms with van der Waals surface area (Å²) in [5.41, 5.74) is -1.67. The molecule has 0 bridgehead atoms. The maximum Gasteiger partial charge on any atom is 0.418 e. The summed E-state index contributed by atoms with van der Waals surface area (Å²) < 4.78 is 47.5. The lowest BCUT2D eigenvalue weighted by Gasteiger charge is -2.05. The van der Waals surface area contributed by atoms with E-state index in [0.29, 0.717) is 12.3 Å². The van der Waals surface area contributed by atoms with Crippen molar-refractivity contribution in [2.45, 2.75) is 13.1 Å². The third kappa shape index (κ3) is 2.96. The summed E-state index contributed by atoms with van der Waals surface area (Å²) >= 11 is 0. The molecule has 1 N–H and O–H groups in total. The molecule has 2 aromatic heterocycles. The van der Waals surface area contributed by atoms with Crippen LogP contribution in [0.5, 0.6) is 5.75 Å². The number of fused-ring (bicyclic) bond motifs is 1. The number of carbonyl (C=O) groups is 2. The Morgan fingerprint density at radius 2 is 2.10 bits per heavy atom. The van der Waals surface area contributed by atoms with Gasteiger partial charge in [-0.05, 0) is 13.0 Å². The molecule has 0 aliphatic carbocycles. The van der Waals surface area contributed by atoms with Crippen molar-refractivity contribution in [1.82, 2.24) is 4.98 Å². The predicted octanol–water partition coefficient (Wildman–Crippen LogP) is 2.51. The fourth-order valence-corrected chi connectivity index (χ4v) is 1.56. The van der Waals surface area contributed by atoms with Gasteiger partial charge in [0.1, 0.15) is 6.61 Å². The second-order valence-electron chi connectivity index (χ2n) is 4.12. The van der Waals surface area contributed by atoms with E-state index < -0.39 is 35.9 Å². The molecule has 2 aromatic rings. The molecule has 2 heterocycles. The van der Waals surface area contributed by atoms with E-state index in [0.717, 1.165) is 0 Å². The standard InChI is InChI=1S/C12H8F3NO5/c1-5(17)4-20-9-8-7(21-10(9)11(18)19)2-6(3-16-8)12(13,14)15/h2-3H,4H2,1H3,(H,18,19). The van der Waals surface area contributed by atoms with Crippen LogP contribution in [-0.4, -0.2) is 28.4 Å². The number of Topliss-reactive ketones (excluding diaryl/α,β-unsaturated/α-hetero) is 1. The molecule has 0 saturated heterocycles. The van der Waals surface area contributed by atoms with Gasteiger partial charge in [0.15, 0.2) is 22.6 Å². The lowest BCUT2D eigenvalue weighted by molar-refractivity contribution is -0.137. The fourth-order valence-electron chi connectivity index (χ4n) is 1.56. The minimum absolute atomic E-state index is 0.193. The largest absolute Gasteiger partial charge is 0.479 e. The number of rotatable bonds is 4. The van der Waals surface area contributed by atoms with Crippen molar-refractivity contribution in [3.63, 3.8) is 0 Å². The molecule has 0 amide bonds. The molecule has 0 spiro atoms. The first-order valence-electron chi connectivity index (χ1n) is 5.55. The summed E-state index contributed by atoms with van der Waals surface area (Å²) in [6.45, 7) is 0.759. The molecule has 21 heavy (non-hydrogen) atoms. The Morgan fingerprint density at radius 1 is 1.43 bits per heavy atom. The molecule has 9 heteroatoms. The van der Waals surface area contributed by atoms with Gasteiger partial charge < -0.3 is 14.3 Å². The molecule has 0 radical (unpaired) electrons. The predicted molar refractivity (Wildman–Crippen MR) is 62.1 cm³/mol. The summed E-state index contributed by atoms with van der Waals surface area (Å²) in [6.07, 6.45) is -4.11. The SMILES string of the molecule is CC(=O)COc1c(C(=O)O)oc2cc(C(F)(F)F)cnc12.